The normalized spacial score (nSPS) is 22.5. The molecule has 1 aliphatic carbocycles. The van der Waals surface area contributed by atoms with Gasteiger partial charge in [0.25, 0.3) is 0 Å². The van der Waals surface area contributed by atoms with Crippen LogP contribution in [-0.2, 0) is 4.79 Å². The molecule has 7 nitrogen and oxygen atoms in total. The van der Waals surface area contributed by atoms with Crippen LogP contribution in [0.5, 0.6) is 0 Å². The summed E-state index contributed by atoms with van der Waals surface area (Å²) in [7, 11) is 4.16. The number of guanidine groups is 1. The van der Waals surface area contributed by atoms with Gasteiger partial charge < -0.3 is 20.0 Å². The molecule has 1 amide bonds. The van der Waals surface area contributed by atoms with Gasteiger partial charge in [0.2, 0.25) is 5.91 Å². The number of hydrogen-bond donors (Lipinski definition) is 1. The van der Waals surface area contributed by atoms with Crippen LogP contribution in [-0.4, -0.2) is 110 Å². The van der Waals surface area contributed by atoms with Gasteiger partial charge in [-0.05, 0) is 52.6 Å². The maximum Gasteiger partial charge on any atom is 0.239 e. The molecule has 1 unspecified atom stereocenters. The number of halogens is 1. The minimum atomic E-state index is -0.00412. The van der Waals surface area contributed by atoms with Crippen LogP contribution < -0.4 is 5.32 Å². The van der Waals surface area contributed by atoms with Crippen molar-refractivity contribution in [3.05, 3.63) is 0 Å². The number of carbonyl (C=O) groups is 1. The Morgan fingerprint density at radius 3 is 2.26 bits per heavy atom. The zero-order chi connectivity index (χ0) is 21.3. The van der Waals surface area contributed by atoms with Gasteiger partial charge in [-0.3, -0.25) is 14.7 Å². The van der Waals surface area contributed by atoms with Gasteiger partial charge in [-0.15, -0.1) is 24.0 Å². The summed E-state index contributed by atoms with van der Waals surface area (Å²) >= 11 is 0. The molecule has 0 aromatic rings. The second kappa shape index (κ2) is 13.8. The first kappa shape index (κ1) is 26.6. The van der Waals surface area contributed by atoms with Gasteiger partial charge in [-0.25, -0.2) is 0 Å². The molecule has 31 heavy (non-hydrogen) atoms. The smallest absolute Gasteiger partial charge is 0.239 e. The van der Waals surface area contributed by atoms with Crippen molar-refractivity contribution in [1.29, 1.82) is 0 Å². The van der Waals surface area contributed by atoms with Crippen molar-refractivity contribution in [1.82, 2.24) is 24.9 Å². The molecule has 0 spiro atoms. The van der Waals surface area contributed by atoms with E-state index in [-0.39, 0.29) is 30.0 Å². The van der Waals surface area contributed by atoms with Crippen molar-refractivity contribution < 1.29 is 4.79 Å². The molecule has 0 aromatic heterocycles. The number of carbonyl (C=O) groups excluding carboxylic acids is 1. The Labute approximate surface area is 207 Å². The summed E-state index contributed by atoms with van der Waals surface area (Å²) < 4.78 is 0. The van der Waals surface area contributed by atoms with E-state index < -0.39 is 0 Å². The van der Waals surface area contributed by atoms with Crippen molar-refractivity contribution in [2.45, 2.75) is 70.4 Å². The Bertz CT molecular complexity index is 554. The molecular formula is C23H45IN6O. The molecule has 0 aromatic carbocycles. The molecule has 1 atom stereocenters. The second-order valence-electron chi connectivity index (χ2n) is 9.33. The molecule has 1 saturated carbocycles. The Morgan fingerprint density at radius 1 is 1.00 bits per heavy atom. The van der Waals surface area contributed by atoms with Crippen LogP contribution in [0.2, 0.25) is 0 Å². The number of nitrogens with zero attached hydrogens (tertiary/aromatic N) is 5. The Kier molecular flexibility index (Phi) is 11.9. The average molecular weight is 549 g/mol. The van der Waals surface area contributed by atoms with Crippen LogP contribution in [0.1, 0.15) is 58.3 Å². The highest BCUT2D eigenvalue weighted by molar-refractivity contribution is 14.0. The summed E-state index contributed by atoms with van der Waals surface area (Å²) in [5.74, 6) is 1.32. The SMILES string of the molecule is CN=C(NCCCN(C)C1CCCCC1)N1CCN(C(C)C(=O)N2CCCC2)CC1.I. The van der Waals surface area contributed by atoms with Crippen LogP contribution in [0.25, 0.3) is 0 Å². The van der Waals surface area contributed by atoms with Gasteiger partial charge in [0.1, 0.15) is 0 Å². The van der Waals surface area contributed by atoms with Gasteiger partial charge in [-0.1, -0.05) is 19.3 Å². The van der Waals surface area contributed by atoms with Crippen LogP contribution in [0.3, 0.4) is 0 Å². The number of rotatable bonds is 7. The number of hydrogen-bond acceptors (Lipinski definition) is 4. The highest BCUT2D eigenvalue weighted by Crippen LogP contribution is 2.21. The van der Waals surface area contributed by atoms with Crippen molar-refractivity contribution in [3.8, 4) is 0 Å². The molecule has 3 rings (SSSR count). The summed E-state index contributed by atoms with van der Waals surface area (Å²) in [6.45, 7) is 9.78. The molecule has 180 valence electrons. The fraction of sp³-hybridized carbons (Fsp3) is 0.913. The van der Waals surface area contributed by atoms with E-state index in [4.69, 9.17) is 0 Å². The number of amides is 1. The molecule has 1 N–H and O–H groups in total. The molecule has 0 radical (unpaired) electrons. The summed E-state index contributed by atoms with van der Waals surface area (Å²) in [4.78, 5) is 26.5. The number of piperazine rings is 1. The van der Waals surface area contributed by atoms with Crippen molar-refractivity contribution in [2.75, 3.05) is 66.5 Å². The second-order valence-corrected chi connectivity index (χ2v) is 9.33. The molecule has 3 aliphatic rings. The highest BCUT2D eigenvalue weighted by atomic mass is 127. The first-order valence-corrected chi connectivity index (χ1v) is 12.3. The van der Waals surface area contributed by atoms with Gasteiger partial charge in [-0.2, -0.15) is 0 Å². The molecule has 2 aliphatic heterocycles. The lowest BCUT2D eigenvalue weighted by Gasteiger charge is -2.39. The van der Waals surface area contributed by atoms with Crippen molar-refractivity contribution in [2.24, 2.45) is 4.99 Å². The Balaban J connectivity index is 0.00000341. The minimum Gasteiger partial charge on any atom is -0.356 e. The monoisotopic (exact) mass is 548 g/mol. The maximum atomic E-state index is 12.7. The maximum absolute atomic E-state index is 12.7. The zero-order valence-corrected chi connectivity index (χ0v) is 22.4. The predicted molar refractivity (Wildman–Crippen MR) is 139 cm³/mol. The zero-order valence-electron chi connectivity index (χ0n) is 20.0. The van der Waals surface area contributed by atoms with Crippen LogP contribution in [0.15, 0.2) is 4.99 Å². The lowest BCUT2D eigenvalue weighted by molar-refractivity contribution is -0.135. The summed E-state index contributed by atoms with van der Waals surface area (Å²) in [5, 5.41) is 3.56. The van der Waals surface area contributed by atoms with Crippen LogP contribution in [0, 0.1) is 0 Å². The molecule has 8 heteroatoms. The molecule has 2 saturated heterocycles. The number of nitrogens with one attached hydrogen (secondary N) is 1. The van der Waals surface area contributed by atoms with E-state index in [2.05, 4.69) is 39.0 Å². The van der Waals surface area contributed by atoms with Crippen LogP contribution in [0.4, 0.5) is 0 Å². The first-order chi connectivity index (χ1) is 14.6. The van der Waals surface area contributed by atoms with E-state index in [1.54, 1.807) is 0 Å². The van der Waals surface area contributed by atoms with Gasteiger partial charge >= 0.3 is 0 Å². The summed E-state index contributed by atoms with van der Waals surface area (Å²) in [5.41, 5.74) is 0. The average Bonchev–Trinajstić information content (AvgIpc) is 3.34. The molecule has 0 bridgehead atoms. The Morgan fingerprint density at radius 2 is 1.65 bits per heavy atom. The van der Waals surface area contributed by atoms with E-state index in [9.17, 15) is 4.79 Å². The third-order valence-electron chi connectivity index (χ3n) is 7.32. The molecular weight excluding hydrogens is 503 g/mol. The third-order valence-corrected chi connectivity index (χ3v) is 7.32. The standard InChI is InChI=1S/C23H44N6O.HI/c1-20(22(30)28-14-7-8-15-28)27-16-18-29(19-17-27)23(24-2)25-12-9-13-26(3)21-10-5-4-6-11-21;/h20-21H,4-19H2,1-3H3,(H,24,25);1H. The molecule has 2 heterocycles. The summed E-state index contributed by atoms with van der Waals surface area (Å²) in [6, 6.07) is 0.784. The van der Waals surface area contributed by atoms with E-state index in [0.717, 1.165) is 83.6 Å². The van der Waals surface area contributed by atoms with Crippen LogP contribution >= 0.6 is 24.0 Å². The van der Waals surface area contributed by atoms with E-state index >= 15 is 0 Å². The van der Waals surface area contributed by atoms with E-state index in [1.165, 1.54) is 32.1 Å². The van der Waals surface area contributed by atoms with Crippen molar-refractivity contribution >= 4 is 35.8 Å². The third kappa shape index (κ3) is 7.74. The fourth-order valence-electron chi connectivity index (χ4n) is 5.24. The van der Waals surface area contributed by atoms with Gasteiger partial charge in [0.05, 0.1) is 6.04 Å². The topological polar surface area (TPSA) is 54.4 Å². The lowest BCUT2D eigenvalue weighted by Crippen LogP contribution is -2.57. The predicted octanol–water partition coefficient (Wildman–Crippen LogP) is 2.46. The first-order valence-electron chi connectivity index (χ1n) is 12.3. The largest absolute Gasteiger partial charge is 0.356 e. The highest BCUT2D eigenvalue weighted by Gasteiger charge is 2.30. The van der Waals surface area contributed by atoms with E-state index in [0.29, 0.717) is 5.91 Å². The van der Waals surface area contributed by atoms with Gasteiger partial charge in [0.15, 0.2) is 5.96 Å². The van der Waals surface area contributed by atoms with E-state index in [1.807, 2.05) is 11.9 Å². The van der Waals surface area contributed by atoms with Gasteiger partial charge in [0, 0.05) is 58.9 Å². The molecule has 3 fully saturated rings. The fourth-order valence-corrected chi connectivity index (χ4v) is 5.24. The Hall–Kier alpha value is -0.610. The summed E-state index contributed by atoms with van der Waals surface area (Å²) in [6.07, 6.45) is 10.4. The van der Waals surface area contributed by atoms with Crippen molar-refractivity contribution in [3.63, 3.8) is 0 Å². The minimum absolute atomic E-state index is 0. The lowest BCUT2D eigenvalue weighted by atomic mass is 9.94. The number of aliphatic imine (C=N–C) groups is 1. The quantitative estimate of drug-likeness (QED) is 0.229. The number of likely N-dealkylation sites (tertiary alicyclic amines) is 1.